The molecule has 0 fully saturated rings. The summed E-state index contributed by atoms with van der Waals surface area (Å²) in [5, 5.41) is 2.98. The fourth-order valence-electron chi connectivity index (χ4n) is 3.17. The van der Waals surface area contributed by atoms with E-state index in [2.05, 4.69) is 5.32 Å². The number of methoxy groups -OCH3 is 1. The molecule has 0 aliphatic carbocycles. The number of rotatable bonds is 4. The zero-order chi connectivity index (χ0) is 18.0. The molecule has 1 aliphatic heterocycles. The molecule has 0 unspecified atom stereocenters. The molecule has 0 bridgehead atoms. The molecular formula is C20H23FN2O2. The van der Waals surface area contributed by atoms with Gasteiger partial charge in [-0.2, -0.15) is 0 Å². The molecule has 1 aliphatic rings. The predicted molar refractivity (Wildman–Crippen MR) is 96.5 cm³/mol. The number of fused-ring (bicyclic) bond motifs is 1. The van der Waals surface area contributed by atoms with Crippen LogP contribution in [0.25, 0.3) is 0 Å². The van der Waals surface area contributed by atoms with Crippen molar-refractivity contribution in [3.63, 3.8) is 0 Å². The van der Waals surface area contributed by atoms with Crippen LogP contribution in [0.15, 0.2) is 30.3 Å². The molecular weight excluding hydrogens is 319 g/mol. The molecule has 1 heterocycles. The van der Waals surface area contributed by atoms with E-state index in [1.165, 1.54) is 13.2 Å². The van der Waals surface area contributed by atoms with Gasteiger partial charge in [0.15, 0.2) is 11.6 Å². The van der Waals surface area contributed by atoms with Crippen molar-refractivity contribution in [2.45, 2.75) is 26.8 Å². The molecule has 0 atom stereocenters. The molecule has 1 amide bonds. The first-order chi connectivity index (χ1) is 12.0. The van der Waals surface area contributed by atoms with Gasteiger partial charge in [-0.1, -0.05) is 12.1 Å². The van der Waals surface area contributed by atoms with Crippen molar-refractivity contribution in [1.82, 2.24) is 4.90 Å². The van der Waals surface area contributed by atoms with Crippen molar-refractivity contribution in [3.8, 4) is 5.75 Å². The zero-order valence-electron chi connectivity index (χ0n) is 14.9. The molecule has 25 heavy (non-hydrogen) atoms. The number of nitrogens with one attached hydrogen (secondary N) is 1. The summed E-state index contributed by atoms with van der Waals surface area (Å²) in [5.74, 6) is -0.131. The highest BCUT2D eigenvalue weighted by molar-refractivity contribution is 5.93. The van der Waals surface area contributed by atoms with Crippen molar-refractivity contribution in [2.24, 2.45) is 0 Å². The van der Waals surface area contributed by atoms with Gasteiger partial charge in [-0.25, -0.2) is 4.39 Å². The second-order valence-corrected chi connectivity index (χ2v) is 6.58. The summed E-state index contributed by atoms with van der Waals surface area (Å²) in [7, 11) is 1.47. The standard InChI is InChI=1S/C20H23FN2O2/c1-13-4-5-14(2)18(8-13)22-20(24)12-23-7-6-15-10-19(25-3)17(21)9-16(15)11-23/h4-5,8-10H,6-7,11-12H2,1-3H3,(H,22,24). The Kier molecular flexibility index (Phi) is 5.04. The number of carbonyl (C=O) groups excluding carboxylic acids is 1. The molecule has 0 saturated carbocycles. The molecule has 0 aromatic heterocycles. The van der Waals surface area contributed by atoms with Crippen LogP contribution in [0.2, 0.25) is 0 Å². The smallest absolute Gasteiger partial charge is 0.238 e. The lowest BCUT2D eigenvalue weighted by Crippen LogP contribution is -2.37. The molecule has 2 aromatic carbocycles. The summed E-state index contributed by atoms with van der Waals surface area (Å²) < 4.78 is 19.0. The maximum Gasteiger partial charge on any atom is 0.238 e. The Morgan fingerprint density at radius 1 is 1.24 bits per heavy atom. The summed E-state index contributed by atoms with van der Waals surface area (Å²) in [6.07, 6.45) is 0.780. The van der Waals surface area contributed by atoms with E-state index in [9.17, 15) is 9.18 Å². The third-order valence-electron chi connectivity index (χ3n) is 4.60. The second-order valence-electron chi connectivity index (χ2n) is 6.58. The predicted octanol–water partition coefficient (Wildman–Crippen LogP) is 3.45. The minimum Gasteiger partial charge on any atom is -0.494 e. The van der Waals surface area contributed by atoms with Crippen molar-refractivity contribution < 1.29 is 13.9 Å². The average Bonchev–Trinajstić information content (AvgIpc) is 2.57. The number of benzene rings is 2. The number of hydrogen-bond donors (Lipinski definition) is 1. The first-order valence-corrected chi connectivity index (χ1v) is 8.41. The summed E-state index contributed by atoms with van der Waals surface area (Å²) in [6.45, 7) is 5.60. The number of carbonyl (C=O) groups is 1. The van der Waals surface area contributed by atoms with Gasteiger partial charge in [-0.05, 0) is 60.7 Å². The van der Waals surface area contributed by atoms with Gasteiger partial charge < -0.3 is 10.1 Å². The number of halogens is 1. The largest absolute Gasteiger partial charge is 0.494 e. The van der Waals surface area contributed by atoms with Gasteiger partial charge >= 0.3 is 0 Å². The fraction of sp³-hybridized carbons (Fsp3) is 0.350. The first kappa shape index (κ1) is 17.4. The van der Waals surface area contributed by atoms with Crippen LogP contribution in [-0.2, 0) is 17.8 Å². The second kappa shape index (κ2) is 7.23. The molecule has 4 nitrogen and oxygen atoms in total. The van der Waals surface area contributed by atoms with E-state index in [0.29, 0.717) is 13.1 Å². The highest BCUT2D eigenvalue weighted by Crippen LogP contribution is 2.26. The van der Waals surface area contributed by atoms with E-state index in [1.54, 1.807) is 6.07 Å². The van der Waals surface area contributed by atoms with Crippen molar-refractivity contribution in [1.29, 1.82) is 0 Å². The Hall–Kier alpha value is -2.40. The molecule has 0 spiro atoms. The number of ether oxygens (including phenoxy) is 1. The molecule has 5 heteroatoms. The van der Waals surface area contributed by atoms with Crippen molar-refractivity contribution >= 4 is 11.6 Å². The van der Waals surface area contributed by atoms with Gasteiger partial charge in [-0.15, -0.1) is 0 Å². The quantitative estimate of drug-likeness (QED) is 0.925. The van der Waals surface area contributed by atoms with Crippen LogP contribution < -0.4 is 10.1 Å². The highest BCUT2D eigenvalue weighted by Gasteiger charge is 2.21. The lowest BCUT2D eigenvalue weighted by Gasteiger charge is -2.28. The Labute approximate surface area is 147 Å². The minimum absolute atomic E-state index is 0.0499. The first-order valence-electron chi connectivity index (χ1n) is 8.41. The maximum absolute atomic E-state index is 13.9. The zero-order valence-corrected chi connectivity index (χ0v) is 14.9. The number of aryl methyl sites for hydroxylation is 2. The number of anilines is 1. The number of amides is 1. The Bertz CT molecular complexity index is 805. The minimum atomic E-state index is -0.358. The van der Waals surface area contributed by atoms with E-state index in [4.69, 9.17) is 4.74 Å². The SMILES string of the molecule is COc1cc2c(cc1F)CN(CC(=O)Nc1cc(C)ccc1C)CC2. The van der Waals surface area contributed by atoms with Gasteiger partial charge in [0.2, 0.25) is 5.91 Å². The van der Waals surface area contributed by atoms with Crippen LogP contribution in [0.1, 0.15) is 22.3 Å². The molecule has 1 N–H and O–H groups in total. The van der Waals surface area contributed by atoms with Gasteiger partial charge in [0.05, 0.1) is 13.7 Å². The van der Waals surface area contributed by atoms with E-state index in [1.807, 2.05) is 36.9 Å². The van der Waals surface area contributed by atoms with E-state index in [0.717, 1.165) is 40.9 Å². The fourth-order valence-corrected chi connectivity index (χ4v) is 3.17. The van der Waals surface area contributed by atoms with Gasteiger partial charge in [-0.3, -0.25) is 9.69 Å². The number of nitrogens with zero attached hydrogens (tertiary/aromatic N) is 1. The van der Waals surface area contributed by atoms with Gasteiger partial charge in [0, 0.05) is 18.8 Å². The number of hydrogen-bond acceptors (Lipinski definition) is 3. The van der Waals surface area contributed by atoms with Gasteiger partial charge in [0.1, 0.15) is 0 Å². The Morgan fingerprint density at radius 3 is 2.80 bits per heavy atom. The summed E-state index contributed by atoms with van der Waals surface area (Å²) in [6, 6.07) is 9.27. The van der Waals surface area contributed by atoms with Crippen LogP contribution in [0.4, 0.5) is 10.1 Å². The van der Waals surface area contributed by atoms with E-state index in [-0.39, 0.29) is 17.5 Å². The van der Waals surface area contributed by atoms with Crippen molar-refractivity contribution in [3.05, 3.63) is 58.4 Å². The topological polar surface area (TPSA) is 41.6 Å². The monoisotopic (exact) mass is 342 g/mol. The third kappa shape index (κ3) is 3.99. The van der Waals surface area contributed by atoms with Crippen LogP contribution >= 0.6 is 0 Å². The summed E-state index contributed by atoms with van der Waals surface area (Å²) in [4.78, 5) is 14.4. The molecule has 3 rings (SSSR count). The van der Waals surface area contributed by atoms with Crippen LogP contribution in [0.3, 0.4) is 0 Å². The molecule has 0 saturated heterocycles. The third-order valence-corrected chi connectivity index (χ3v) is 4.60. The van der Waals surface area contributed by atoms with E-state index < -0.39 is 0 Å². The highest BCUT2D eigenvalue weighted by atomic mass is 19.1. The normalized spacial score (nSPS) is 14.1. The Balaban J connectivity index is 1.65. The van der Waals surface area contributed by atoms with Crippen LogP contribution in [-0.4, -0.2) is 31.0 Å². The molecule has 2 aromatic rings. The van der Waals surface area contributed by atoms with Crippen LogP contribution in [0, 0.1) is 19.7 Å². The maximum atomic E-state index is 13.9. The van der Waals surface area contributed by atoms with E-state index >= 15 is 0 Å². The molecule has 0 radical (unpaired) electrons. The van der Waals surface area contributed by atoms with Gasteiger partial charge in [0.25, 0.3) is 0 Å². The summed E-state index contributed by atoms with van der Waals surface area (Å²) >= 11 is 0. The summed E-state index contributed by atoms with van der Waals surface area (Å²) in [5.41, 5.74) is 5.00. The van der Waals surface area contributed by atoms with Crippen molar-refractivity contribution in [2.75, 3.05) is 25.5 Å². The lowest BCUT2D eigenvalue weighted by molar-refractivity contribution is -0.117. The lowest BCUT2D eigenvalue weighted by atomic mass is 9.99. The average molecular weight is 342 g/mol. The molecule has 132 valence electrons. The Morgan fingerprint density at radius 2 is 2.04 bits per heavy atom. The van der Waals surface area contributed by atoms with Crippen LogP contribution in [0.5, 0.6) is 5.75 Å².